The molecule has 0 aliphatic heterocycles. The summed E-state index contributed by atoms with van der Waals surface area (Å²) in [5, 5.41) is 0. The van der Waals surface area contributed by atoms with Crippen LogP contribution in [0.15, 0.2) is 72.9 Å². The Kier molecular flexibility index (Phi) is 48.9. The molecule has 6 heteroatoms. The highest BCUT2D eigenvalue weighted by molar-refractivity contribution is 5.71. The van der Waals surface area contributed by atoms with Crippen LogP contribution in [-0.4, -0.2) is 37.2 Å². The minimum absolute atomic E-state index is 0.0866. The predicted octanol–water partition coefficient (Wildman–Crippen LogP) is 17.4. The topological polar surface area (TPSA) is 78.9 Å². The van der Waals surface area contributed by atoms with Crippen molar-refractivity contribution in [1.82, 2.24) is 0 Å². The van der Waals surface area contributed by atoms with Crippen LogP contribution in [0, 0.1) is 0 Å². The molecule has 6 nitrogen and oxygen atoms in total. The molecule has 0 saturated carbocycles. The minimum atomic E-state index is -0.789. The first-order valence-corrected chi connectivity index (χ1v) is 26.4. The fourth-order valence-corrected chi connectivity index (χ4v) is 7.23. The molecule has 0 aromatic carbocycles. The van der Waals surface area contributed by atoms with Crippen molar-refractivity contribution in [3.05, 3.63) is 72.9 Å². The van der Waals surface area contributed by atoms with Crippen molar-refractivity contribution in [2.24, 2.45) is 0 Å². The quantitative estimate of drug-likeness (QED) is 0.0262. The number of carbonyl (C=O) groups is 3. The smallest absolute Gasteiger partial charge is 0.306 e. The van der Waals surface area contributed by atoms with E-state index >= 15 is 0 Å². The van der Waals surface area contributed by atoms with Crippen molar-refractivity contribution in [1.29, 1.82) is 0 Å². The molecule has 362 valence electrons. The zero-order valence-corrected chi connectivity index (χ0v) is 41.3. The van der Waals surface area contributed by atoms with E-state index in [9.17, 15) is 14.4 Å². The Labute approximate surface area is 389 Å². The number of unbranched alkanes of at least 4 members (excludes halogenated alkanes) is 24. The lowest BCUT2D eigenvalue weighted by Crippen LogP contribution is -2.30. The van der Waals surface area contributed by atoms with Crippen LogP contribution >= 0.6 is 0 Å². The standard InChI is InChI=1S/C57H98O6/c1-4-7-10-13-16-19-22-24-26-28-30-32-35-38-41-44-47-50-56(59)62-53-54(52-61-55(58)49-46-43-40-37-34-21-18-15-12-9-6-3)63-57(60)51-48-45-42-39-36-33-31-29-27-25-23-20-17-14-11-8-5-2/h8,11,16-17,19-20,24-27,31,33,54H,4-7,9-10,12-15,18,21-23,28-30,32,34-53H2,1-3H3/b11-8-,19-16-,20-17-,26-24-,27-25-,33-31-/t54-/m0/s1. The number of hydrogen-bond donors (Lipinski definition) is 0. The summed E-state index contributed by atoms with van der Waals surface area (Å²) in [5.74, 6) is -0.916. The average molecular weight is 879 g/mol. The fraction of sp³-hybridized carbons (Fsp3) is 0.737. The molecule has 0 aliphatic rings. The van der Waals surface area contributed by atoms with Gasteiger partial charge in [0.25, 0.3) is 0 Å². The summed E-state index contributed by atoms with van der Waals surface area (Å²) in [4.78, 5) is 38.0. The van der Waals surface area contributed by atoms with Gasteiger partial charge in [-0.25, -0.2) is 0 Å². The molecule has 0 unspecified atom stereocenters. The van der Waals surface area contributed by atoms with Crippen LogP contribution in [-0.2, 0) is 28.6 Å². The third kappa shape index (κ3) is 49.7. The second-order valence-electron chi connectivity index (χ2n) is 17.4. The van der Waals surface area contributed by atoms with Gasteiger partial charge in [0.2, 0.25) is 0 Å². The highest BCUT2D eigenvalue weighted by atomic mass is 16.6. The van der Waals surface area contributed by atoms with Gasteiger partial charge >= 0.3 is 17.9 Å². The van der Waals surface area contributed by atoms with Crippen LogP contribution in [0.2, 0.25) is 0 Å². The zero-order valence-electron chi connectivity index (χ0n) is 41.3. The van der Waals surface area contributed by atoms with E-state index in [-0.39, 0.29) is 31.1 Å². The first kappa shape index (κ1) is 59.9. The summed E-state index contributed by atoms with van der Waals surface area (Å²) in [5.41, 5.74) is 0. The van der Waals surface area contributed by atoms with E-state index in [2.05, 4.69) is 93.7 Å². The van der Waals surface area contributed by atoms with Gasteiger partial charge in [-0.05, 0) is 89.9 Å². The molecule has 0 aromatic heterocycles. The van der Waals surface area contributed by atoms with Crippen molar-refractivity contribution in [2.45, 2.75) is 258 Å². The number of ether oxygens (including phenoxy) is 3. The SMILES string of the molecule is CC/C=C\C/C=C\C/C=C\C/C=C\CCCCCCC(=O)O[C@H](COC(=O)CCCCCCCCC/C=C\C/C=C\CCCCC)COC(=O)CCCCCCCCCCCCC. The maximum atomic E-state index is 12.8. The van der Waals surface area contributed by atoms with Gasteiger partial charge < -0.3 is 14.2 Å². The Morgan fingerprint density at radius 2 is 0.619 bits per heavy atom. The molecular formula is C57H98O6. The molecule has 0 amide bonds. The van der Waals surface area contributed by atoms with Crippen molar-refractivity contribution < 1.29 is 28.6 Å². The molecule has 0 bridgehead atoms. The Balaban J connectivity index is 4.42. The minimum Gasteiger partial charge on any atom is -0.462 e. The highest BCUT2D eigenvalue weighted by Crippen LogP contribution is 2.14. The van der Waals surface area contributed by atoms with E-state index in [0.29, 0.717) is 19.3 Å². The lowest BCUT2D eigenvalue weighted by Gasteiger charge is -2.18. The lowest BCUT2D eigenvalue weighted by atomic mass is 10.1. The van der Waals surface area contributed by atoms with Crippen molar-refractivity contribution >= 4 is 17.9 Å². The summed E-state index contributed by atoms with van der Waals surface area (Å²) in [6.45, 7) is 6.47. The summed E-state index contributed by atoms with van der Waals surface area (Å²) in [6, 6.07) is 0. The van der Waals surface area contributed by atoms with Gasteiger partial charge in [0.15, 0.2) is 6.10 Å². The largest absolute Gasteiger partial charge is 0.462 e. The van der Waals surface area contributed by atoms with Crippen molar-refractivity contribution in [3.8, 4) is 0 Å². The number of carbonyl (C=O) groups excluding carboxylic acids is 3. The zero-order chi connectivity index (χ0) is 45.8. The summed E-state index contributed by atoms with van der Waals surface area (Å²) in [7, 11) is 0. The molecule has 0 saturated heterocycles. The molecule has 63 heavy (non-hydrogen) atoms. The van der Waals surface area contributed by atoms with Gasteiger partial charge in [0, 0.05) is 19.3 Å². The Bertz CT molecular complexity index is 1190. The van der Waals surface area contributed by atoms with Gasteiger partial charge in [-0.1, -0.05) is 216 Å². The van der Waals surface area contributed by atoms with E-state index in [4.69, 9.17) is 14.2 Å². The average Bonchev–Trinajstić information content (AvgIpc) is 3.28. The second-order valence-corrected chi connectivity index (χ2v) is 17.4. The molecule has 1 atom stereocenters. The molecule has 0 aliphatic carbocycles. The molecule has 0 N–H and O–H groups in total. The molecule has 0 aromatic rings. The van der Waals surface area contributed by atoms with E-state index < -0.39 is 6.10 Å². The molecule has 0 fully saturated rings. The molecule has 0 rings (SSSR count). The van der Waals surface area contributed by atoms with Gasteiger partial charge in [0.1, 0.15) is 13.2 Å². The predicted molar refractivity (Wildman–Crippen MR) is 270 cm³/mol. The van der Waals surface area contributed by atoms with Crippen LogP contribution in [0.5, 0.6) is 0 Å². The van der Waals surface area contributed by atoms with Crippen molar-refractivity contribution in [2.75, 3.05) is 13.2 Å². The summed E-state index contributed by atoms with van der Waals surface area (Å²) in [6.07, 6.45) is 64.5. The maximum absolute atomic E-state index is 12.8. The number of esters is 3. The summed E-state index contributed by atoms with van der Waals surface area (Å²) >= 11 is 0. The molecular weight excluding hydrogens is 781 g/mol. The molecule has 0 spiro atoms. The van der Waals surface area contributed by atoms with Gasteiger partial charge in [0.05, 0.1) is 0 Å². The Hall–Kier alpha value is -3.15. The number of rotatable bonds is 47. The third-order valence-corrected chi connectivity index (χ3v) is 11.2. The van der Waals surface area contributed by atoms with Gasteiger partial charge in [-0.3, -0.25) is 14.4 Å². The Morgan fingerprint density at radius 1 is 0.333 bits per heavy atom. The van der Waals surface area contributed by atoms with Crippen molar-refractivity contribution in [3.63, 3.8) is 0 Å². The second kappa shape index (κ2) is 51.5. The van der Waals surface area contributed by atoms with Crippen LogP contribution < -0.4 is 0 Å². The monoisotopic (exact) mass is 879 g/mol. The normalized spacial score (nSPS) is 12.6. The van der Waals surface area contributed by atoms with E-state index in [0.717, 1.165) is 109 Å². The van der Waals surface area contributed by atoms with Crippen LogP contribution in [0.1, 0.15) is 252 Å². The summed E-state index contributed by atoms with van der Waals surface area (Å²) < 4.78 is 16.8. The maximum Gasteiger partial charge on any atom is 0.306 e. The fourth-order valence-electron chi connectivity index (χ4n) is 7.23. The highest BCUT2D eigenvalue weighted by Gasteiger charge is 2.19. The third-order valence-electron chi connectivity index (χ3n) is 11.2. The Morgan fingerprint density at radius 3 is 1.00 bits per heavy atom. The first-order chi connectivity index (χ1) is 31.0. The lowest BCUT2D eigenvalue weighted by molar-refractivity contribution is -0.167. The number of hydrogen-bond acceptors (Lipinski definition) is 6. The van der Waals surface area contributed by atoms with Crippen LogP contribution in [0.25, 0.3) is 0 Å². The van der Waals surface area contributed by atoms with E-state index in [1.807, 2.05) is 0 Å². The molecule has 0 heterocycles. The van der Waals surface area contributed by atoms with E-state index in [1.54, 1.807) is 0 Å². The first-order valence-electron chi connectivity index (χ1n) is 26.4. The van der Waals surface area contributed by atoms with E-state index in [1.165, 1.54) is 103 Å². The van der Waals surface area contributed by atoms with Gasteiger partial charge in [-0.2, -0.15) is 0 Å². The van der Waals surface area contributed by atoms with Gasteiger partial charge in [-0.15, -0.1) is 0 Å². The number of allylic oxidation sites excluding steroid dienone is 12. The van der Waals surface area contributed by atoms with Crippen LogP contribution in [0.3, 0.4) is 0 Å². The van der Waals surface area contributed by atoms with Crippen LogP contribution in [0.4, 0.5) is 0 Å². The molecule has 0 radical (unpaired) electrons.